The van der Waals surface area contributed by atoms with Crippen LogP contribution in [-0.2, 0) is 0 Å². The maximum Gasteiger partial charge on any atom is 0.222 e. The highest BCUT2D eigenvalue weighted by atomic mass is 35.5. The van der Waals surface area contributed by atoms with Gasteiger partial charge in [-0.25, -0.2) is 0 Å². The van der Waals surface area contributed by atoms with Crippen molar-refractivity contribution in [1.29, 1.82) is 0 Å². The molecule has 3 aromatic heterocycles. The number of pyridine rings is 1. The molecule has 0 fully saturated rings. The minimum Gasteiger partial charge on any atom is -0.347 e. The number of carbonyl (C=O) groups is 1. The van der Waals surface area contributed by atoms with Crippen LogP contribution in [0.5, 0.6) is 0 Å². The first-order valence-corrected chi connectivity index (χ1v) is 7.76. The number of rotatable bonds is 5. The van der Waals surface area contributed by atoms with Crippen molar-refractivity contribution in [2.24, 2.45) is 0 Å². The van der Waals surface area contributed by atoms with Crippen molar-refractivity contribution in [3.63, 3.8) is 0 Å². The Morgan fingerprint density at radius 3 is 2.86 bits per heavy atom. The lowest BCUT2D eigenvalue weighted by Crippen LogP contribution is -2.14. The van der Waals surface area contributed by atoms with E-state index in [-0.39, 0.29) is 12.3 Å². The molecular weight excluding hydrogens is 345 g/mol. The predicted octanol–water partition coefficient (Wildman–Crippen LogP) is 3.53. The Morgan fingerprint density at radius 1 is 1.32 bits per heavy atom. The molecule has 0 atom stereocenters. The van der Waals surface area contributed by atoms with E-state index in [1.807, 2.05) is 18.2 Å². The van der Waals surface area contributed by atoms with Crippen molar-refractivity contribution < 1.29 is 4.79 Å². The Labute approximate surface area is 139 Å². The van der Waals surface area contributed by atoms with E-state index in [0.717, 1.165) is 11.3 Å². The third-order valence-electron chi connectivity index (χ3n) is 2.77. The van der Waals surface area contributed by atoms with Crippen LogP contribution >= 0.6 is 34.5 Å². The lowest BCUT2D eigenvalue weighted by molar-refractivity contribution is 0.101. The molecule has 0 aliphatic carbocycles. The fourth-order valence-electron chi connectivity index (χ4n) is 1.75. The number of carbonyl (C=O) groups excluding carboxylic acids is 1. The number of nitrogens with one attached hydrogen (secondary N) is 2. The smallest absolute Gasteiger partial charge is 0.222 e. The van der Waals surface area contributed by atoms with Crippen molar-refractivity contribution in [3.05, 3.63) is 44.7 Å². The molecule has 9 heteroatoms. The van der Waals surface area contributed by atoms with Gasteiger partial charge >= 0.3 is 0 Å². The summed E-state index contributed by atoms with van der Waals surface area (Å²) in [5, 5.41) is 10.8. The fourth-order valence-corrected chi connectivity index (χ4v) is 3.25. The molecule has 112 valence electrons. The summed E-state index contributed by atoms with van der Waals surface area (Å²) in [5.74, 6) is 0.725. The van der Waals surface area contributed by atoms with Gasteiger partial charge in [-0.2, -0.15) is 0 Å². The van der Waals surface area contributed by atoms with Gasteiger partial charge in [0.1, 0.15) is 10.0 Å². The van der Waals surface area contributed by atoms with Crippen LogP contribution in [0.25, 0.3) is 11.5 Å². The summed E-state index contributed by atoms with van der Waals surface area (Å²) in [6, 6.07) is 7.03. The molecule has 0 unspecified atom stereocenters. The van der Waals surface area contributed by atoms with E-state index in [4.69, 9.17) is 23.2 Å². The van der Waals surface area contributed by atoms with Crippen LogP contribution in [0, 0.1) is 0 Å². The molecule has 0 aromatic carbocycles. The number of ketones is 1. The summed E-state index contributed by atoms with van der Waals surface area (Å²) in [6.07, 6.45) is 1.66. The van der Waals surface area contributed by atoms with E-state index >= 15 is 0 Å². The van der Waals surface area contributed by atoms with E-state index in [1.165, 1.54) is 0 Å². The number of nitrogens with zero attached hydrogens (tertiary/aromatic N) is 3. The molecular formula is C13H9Cl2N5OS. The van der Waals surface area contributed by atoms with Crippen LogP contribution in [0.1, 0.15) is 10.4 Å². The molecule has 0 saturated carbocycles. The van der Waals surface area contributed by atoms with Gasteiger partial charge in [-0.3, -0.25) is 9.78 Å². The number of anilines is 1. The number of Topliss-reactive ketones (excluding diaryl/α,β-unsaturated/α-hetero) is 1. The number of halogens is 2. The standard InChI is InChI=1S/C13H9Cl2N5OS/c14-10-5-7(11(15)22-10)9(21)6-17-13-18-12(19-20-13)8-3-1-2-4-16-8/h1-5H,6H2,(H2,17,18,19,20). The molecule has 6 nitrogen and oxygen atoms in total. The number of thiophene rings is 1. The van der Waals surface area contributed by atoms with E-state index < -0.39 is 0 Å². The minimum atomic E-state index is -0.177. The SMILES string of the molecule is O=C(CNc1nnc(-c2ccccn2)[nH]1)c1cc(Cl)sc1Cl. The molecule has 3 aromatic rings. The van der Waals surface area contributed by atoms with Crippen LogP contribution in [0.3, 0.4) is 0 Å². The fraction of sp³-hybridized carbons (Fsp3) is 0.0769. The van der Waals surface area contributed by atoms with Crippen LogP contribution in [-0.4, -0.2) is 32.5 Å². The lowest BCUT2D eigenvalue weighted by atomic mass is 10.2. The summed E-state index contributed by atoms with van der Waals surface area (Å²) in [4.78, 5) is 19.2. The Balaban J connectivity index is 1.66. The number of H-pyrrole nitrogens is 1. The van der Waals surface area contributed by atoms with Gasteiger partial charge in [0.05, 0.1) is 16.4 Å². The molecule has 0 amide bonds. The van der Waals surface area contributed by atoms with Gasteiger partial charge in [-0.15, -0.1) is 21.5 Å². The second kappa shape index (κ2) is 6.43. The van der Waals surface area contributed by atoms with Gasteiger partial charge in [-0.05, 0) is 18.2 Å². The summed E-state index contributed by atoms with van der Waals surface area (Å²) >= 11 is 12.9. The quantitative estimate of drug-likeness (QED) is 0.685. The van der Waals surface area contributed by atoms with E-state index in [0.29, 0.717) is 31.7 Å². The van der Waals surface area contributed by atoms with Crippen LogP contribution < -0.4 is 5.32 Å². The molecule has 0 aliphatic rings. The second-order valence-corrected chi connectivity index (χ2v) is 6.54. The monoisotopic (exact) mass is 353 g/mol. The molecule has 0 aliphatic heterocycles. The molecule has 3 heterocycles. The van der Waals surface area contributed by atoms with E-state index in [9.17, 15) is 4.79 Å². The first-order chi connectivity index (χ1) is 10.6. The minimum absolute atomic E-state index is 0.0314. The van der Waals surface area contributed by atoms with Gasteiger partial charge in [0, 0.05) is 6.20 Å². The van der Waals surface area contributed by atoms with Gasteiger partial charge < -0.3 is 10.3 Å². The van der Waals surface area contributed by atoms with Crippen LogP contribution in [0.2, 0.25) is 8.67 Å². The number of hydrogen-bond acceptors (Lipinski definition) is 6. The summed E-state index contributed by atoms with van der Waals surface area (Å²) in [5.41, 5.74) is 1.07. The molecule has 0 radical (unpaired) electrons. The Hall–Kier alpha value is -1.96. The van der Waals surface area contributed by atoms with Crippen molar-refractivity contribution >= 4 is 46.3 Å². The highest BCUT2D eigenvalue weighted by molar-refractivity contribution is 7.20. The van der Waals surface area contributed by atoms with Crippen molar-refractivity contribution in [3.8, 4) is 11.5 Å². The summed E-state index contributed by atoms with van der Waals surface area (Å²) < 4.78 is 0.856. The molecule has 0 bridgehead atoms. The number of aromatic amines is 1. The van der Waals surface area contributed by atoms with Gasteiger partial charge in [0.2, 0.25) is 5.95 Å². The predicted molar refractivity (Wildman–Crippen MR) is 86.8 cm³/mol. The summed E-state index contributed by atoms with van der Waals surface area (Å²) in [7, 11) is 0. The lowest BCUT2D eigenvalue weighted by Gasteiger charge is -2.00. The van der Waals surface area contributed by atoms with Crippen LogP contribution in [0.15, 0.2) is 30.5 Å². The zero-order valence-corrected chi connectivity index (χ0v) is 13.3. The average Bonchev–Trinajstić information content (AvgIpc) is 3.12. The first-order valence-electron chi connectivity index (χ1n) is 6.19. The zero-order chi connectivity index (χ0) is 15.5. The molecule has 22 heavy (non-hydrogen) atoms. The Bertz CT molecular complexity index is 802. The van der Waals surface area contributed by atoms with E-state index in [1.54, 1.807) is 12.3 Å². The Morgan fingerprint density at radius 2 is 2.18 bits per heavy atom. The molecule has 2 N–H and O–H groups in total. The average molecular weight is 354 g/mol. The number of hydrogen-bond donors (Lipinski definition) is 2. The topological polar surface area (TPSA) is 83.6 Å². The molecule has 0 saturated heterocycles. The molecule has 3 rings (SSSR count). The second-order valence-electron chi connectivity index (χ2n) is 4.25. The van der Waals surface area contributed by atoms with E-state index in [2.05, 4.69) is 25.5 Å². The third-order valence-corrected chi connectivity index (χ3v) is 4.26. The van der Waals surface area contributed by atoms with Crippen LogP contribution in [0.4, 0.5) is 5.95 Å². The maximum atomic E-state index is 12.1. The molecule has 0 spiro atoms. The zero-order valence-electron chi connectivity index (χ0n) is 11.0. The van der Waals surface area contributed by atoms with Gasteiger partial charge in [0.15, 0.2) is 11.6 Å². The Kier molecular flexibility index (Phi) is 4.37. The third kappa shape index (κ3) is 3.27. The van der Waals surface area contributed by atoms with Crippen molar-refractivity contribution in [2.45, 2.75) is 0 Å². The highest BCUT2D eigenvalue weighted by Crippen LogP contribution is 2.31. The number of aromatic nitrogens is 4. The van der Waals surface area contributed by atoms with Gasteiger partial charge in [0.25, 0.3) is 0 Å². The highest BCUT2D eigenvalue weighted by Gasteiger charge is 2.15. The largest absolute Gasteiger partial charge is 0.347 e. The first kappa shape index (κ1) is 15.0. The van der Waals surface area contributed by atoms with Crippen molar-refractivity contribution in [2.75, 3.05) is 11.9 Å². The van der Waals surface area contributed by atoms with Crippen molar-refractivity contribution in [1.82, 2.24) is 20.2 Å². The van der Waals surface area contributed by atoms with Gasteiger partial charge in [-0.1, -0.05) is 29.3 Å². The maximum absolute atomic E-state index is 12.1. The summed E-state index contributed by atoms with van der Waals surface area (Å²) in [6.45, 7) is 0.0314. The normalized spacial score (nSPS) is 10.6.